The molecule has 118 valence electrons. The van der Waals surface area contributed by atoms with Crippen molar-refractivity contribution in [1.82, 2.24) is 14.5 Å². The Balaban J connectivity index is 1.64. The first kappa shape index (κ1) is 15.2. The number of hydrogen-bond acceptors (Lipinski definition) is 5. The van der Waals surface area contributed by atoms with Crippen molar-refractivity contribution < 1.29 is 4.92 Å². The largest absolute Gasteiger partial charge is 0.434 e. The van der Waals surface area contributed by atoms with Gasteiger partial charge in [0.2, 0.25) is 0 Å². The van der Waals surface area contributed by atoms with Gasteiger partial charge in [0.25, 0.3) is 0 Å². The third kappa shape index (κ3) is 3.24. The Labute approximate surface area is 137 Å². The smallest absolute Gasteiger partial charge is 0.390 e. The lowest BCUT2D eigenvalue weighted by Gasteiger charge is -2.09. The lowest BCUT2D eigenvalue weighted by Crippen LogP contribution is -2.08. The molecule has 0 bridgehead atoms. The maximum absolute atomic E-state index is 10.8. The molecule has 0 unspecified atom stereocenters. The van der Waals surface area contributed by atoms with Crippen molar-refractivity contribution >= 4 is 34.1 Å². The Morgan fingerprint density at radius 3 is 2.96 bits per heavy atom. The molecule has 2 heterocycles. The minimum Gasteiger partial charge on any atom is -0.390 e. The number of nitrogens with one attached hydrogen (secondary N) is 1. The second-order valence-electron chi connectivity index (χ2n) is 4.95. The van der Waals surface area contributed by atoms with Gasteiger partial charge < -0.3 is 15.4 Å². The molecule has 1 aromatic carbocycles. The molecule has 3 aromatic rings. The van der Waals surface area contributed by atoms with E-state index in [9.17, 15) is 10.1 Å². The summed E-state index contributed by atoms with van der Waals surface area (Å²) >= 11 is 6.14. The topological polar surface area (TPSA) is 85.9 Å². The molecule has 1 N–H and O–H groups in total. The van der Waals surface area contributed by atoms with Gasteiger partial charge in [0.1, 0.15) is 12.4 Å². The summed E-state index contributed by atoms with van der Waals surface area (Å²) < 4.78 is 1.53. The molecule has 0 atom stereocenters. The molecule has 2 aromatic heterocycles. The van der Waals surface area contributed by atoms with E-state index in [1.165, 1.54) is 10.8 Å². The minimum atomic E-state index is -0.480. The summed E-state index contributed by atoms with van der Waals surface area (Å²) in [6.07, 6.45) is 5.47. The third-order valence-electron chi connectivity index (χ3n) is 3.47. The quantitative estimate of drug-likeness (QED) is 0.424. The Bertz CT molecular complexity index is 849. The zero-order valence-corrected chi connectivity index (χ0v) is 12.9. The second kappa shape index (κ2) is 6.62. The number of para-hydroxylation sites is 1. The highest BCUT2D eigenvalue weighted by atomic mass is 35.5. The molecule has 0 fully saturated rings. The van der Waals surface area contributed by atoms with E-state index in [0.29, 0.717) is 18.1 Å². The molecular weight excluding hydrogens is 318 g/mol. The number of aryl methyl sites for hydroxylation is 1. The van der Waals surface area contributed by atoms with Crippen LogP contribution < -0.4 is 5.32 Å². The van der Waals surface area contributed by atoms with Gasteiger partial charge in [-0.2, -0.15) is 0 Å². The summed E-state index contributed by atoms with van der Waals surface area (Å²) in [7, 11) is 0. The average molecular weight is 332 g/mol. The summed E-state index contributed by atoms with van der Waals surface area (Å²) in [4.78, 5) is 18.3. The van der Waals surface area contributed by atoms with Gasteiger partial charge in [-0.1, -0.05) is 28.7 Å². The van der Waals surface area contributed by atoms with Gasteiger partial charge in [0, 0.05) is 23.8 Å². The van der Waals surface area contributed by atoms with E-state index in [1.807, 2.05) is 18.2 Å². The van der Waals surface area contributed by atoms with E-state index in [4.69, 9.17) is 11.6 Å². The highest BCUT2D eigenvalue weighted by Crippen LogP contribution is 2.26. The van der Waals surface area contributed by atoms with Crippen molar-refractivity contribution in [3.63, 3.8) is 0 Å². The SMILES string of the molecule is O=[N+]([O-])c1nccn1CCCNc1ccnc2c(Cl)cccc12. The summed E-state index contributed by atoms with van der Waals surface area (Å²) in [6, 6.07) is 7.53. The normalized spacial score (nSPS) is 10.8. The Morgan fingerprint density at radius 2 is 2.13 bits per heavy atom. The van der Waals surface area contributed by atoms with Crippen molar-refractivity contribution in [2.75, 3.05) is 11.9 Å². The Kier molecular flexibility index (Phi) is 4.38. The fourth-order valence-electron chi connectivity index (χ4n) is 2.41. The zero-order chi connectivity index (χ0) is 16.2. The number of nitro groups is 1. The number of imidazole rings is 1. The fourth-order valence-corrected chi connectivity index (χ4v) is 2.64. The van der Waals surface area contributed by atoms with Crippen molar-refractivity contribution in [3.05, 3.63) is 58.0 Å². The number of fused-ring (bicyclic) bond motifs is 1. The van der Waals surface area contributed by atoms with Crippen LogP contribution in [0.3, 0.4) is 0 Å². The lowest BCUT2D eigenvalue weighted by molar-refractivity contribution is -0.396. The molecule has 0 radical (unpaired) electrons. The molecule has 0 saturated heterocycles. The van der Waals surface area contributed by atoms with Gasteiger partial charge in [-0.15, -0.1) is 0 Å². The average Bonchev–Trinajstić information content (AvgIpc) is 3.01. The molecule has 0 aliphatic heterocycles. The van der Waals surface area contributed by atoms with Gasteiger partial charge in [0.15, 0.2) is 0 Å². The van der Waals surface area contributed by atoms with Gasteiger partial charge >= 0.3 is 5.95 Å². The highest BCUT2D eigenvalue weighted by molar-refractivity contribution is 6.35. The van der Waals surface area contributed by atoms with Crippen LogP contribution in [-0.4, -0.2) is 26.0 Å². The van der Waals surface area contributed by atoms with E-state index in [2.05, 4.69) is 15.3 Å². The number of rotatable bonds is 6. The number of nitrogens with zero attached hydrogens (tertiary/aromatic N) is 4. The molecule has 23 heavy (non-hydrogen) atoms. The molecule has 0 aliphatic carbocycles. The number of hydrogen-bond donors (Lipinski definition) is 1. The Hall–Kier alpha value is -2.67. The highest BCUT2D eigenvalue weighted by Gasteiger charge is 2.13. The van der Waals surface area contributed by atoms with E-state index in [1.54, 1.807) is 18.5 Å². The molecule has 7 nitrogen and oxygen atoms in total. The van der Waals surface area contributed by atoms with Crippen LogP contribution in [0.4, 0.5) is 11.6 Å². The molecule has 0 spiro atoms. The summed E-state index contributed by atoms with van der Waals surface area (Å²) in [5, 5.41) is 15.7. The summed E-state index contributed by atoms with van der Waals surface area (Å²) in [5.41, 5.74) is 1.70. The van der Waals surface area contributed by atoms with Crippen LogP contribution in [0.25, 0.3) is 10.9 Å². The predicted molar refractivity (Wildman–Crippen MR) is 88.7 cm³/mol. The predicted octanol–water partition coefficient (Wildman–Crippen LogP) is 3.50. The molecule has 8 heteroatoms. The Morgan fingerprint density at radius 1 is 1.26 bits per heavy atom. The molecular formula is C15H14ClN5O2. The van der Waals surface area contributed by atoms with Crippen molar-refractivity contribution in [2.45, 2.75) is 13.0 Å². The maximum atomic E-state index is 10.8. The second-order valence-corrected chi connectivity index (χ2v) is 5.36. The van der Waals surface area contributed by atoms with E-state index in [0.717, 1.165) is 23.0 Å². The number of pyridine rings is 1. The number of anilines is 1. The summed E-state index contributed by atoms with van der Waals surface area (Å²) in [6.45, 7) is 1.19. The van der Waals surface area contributed by atoms with Crippen LogP contribution in [0.1, 0.15) is 6.42 Å². The van der Waals surface area contributed by atoms with Crippen LogP contribution in [0.5, 0.6) is 0 Å². The van der Waals surface area contributed by atoms with Crippen LogP contribution in [0.2, 0.25) is 5.02 Å². The monoisotopic (exact) mass is 331 g/mol. The van der Waals surface area contributed by atoms with Crippen LogP contribution >= 0.6 is 11.6 Å². The van der Waals surface area contributed by atoms with Crippen molar-refractivity contribution in [2.24, 2.45) is 0 Å². The van der Waals surface area contributed by atoms with Gasteiger partial charge in [0.05, 0.1) is 17.1 Å². The van der Waals surface area contributed by atoms with Crippen LogP contribution in [0, 0.1) is 10.1 Å². The zero-order valence-electron chi connectivity index (χ0n) is 12.1. The van der Waals surface area contributed by atoms with Crippen molar-refractivity contribution in [1.29, 1.82) is 0 Å². The van der Waals surface area contributed by atoms with E-state index < -0.39 is 4.92 Å². The molecule has 3 rings (SSSR count). The van der Waals surface area contributed by atoms with Crippen LogP contribution in [-0.2, 0) is 6.54 Å². The lowest BCUT2D eigenvalue weighted by atomic mass is 10.2. The van der Waals surface area contributed by atoms with Crippen molar-refractivity contribution in [3.8, 4) is 0 Å². The van der Waals surface area contributed by atoms with Gasteiger partial charge in [-0.25, -0.2) is 4.57 Å². The standard InChI is InChI=1S/C15H14ClN5O2/c16-12-4-1-3-11-13(5-7-18-14(11)12)17-6-2-9-20-10-8-19-15(20)21(22)23/h1,3-5,7-8,10H,2,6,9H2,(H,17,18). The van der Waals surface area contributed by atoms with Gasteiger partial charge in [-0.05, 0) is 23.5 Å². The van der Waals surface area contributed by atoms with E-state index in [-0.39, 0.29) is 5.95 Å². The van der Waals surface area contributed by atoms with Gasteiger partial charge in [-0.3, -0.25) is 4.98 Å². The number of aromatic nitrogens is 3. The molecule has 0 amide bonds. The first-order chi connectivity index (χ1) is 11.2. The van der Waals surface area contributed by atoms with Crippen LogP contribution in [0.15, 0.2) is 42.9 Å². The summed E-state index contributed by atoms with van der Waals surface area (Å²) in [5.74, 6) is -0.133. The first-order valence-electron chi connectivity index (χ1n) is 7.09. The maximum Gasteiger partial charge on any atom is 0.434 e. The van der Waals surface area contributed by atoms with E-state index >= 15 is 0 Å². The fraction of sp³-hybridized carbons (Fsp3) is 0.200. The number of halogens is 1. The molecule has 0 aliphatic rings. The molecule has 0 saturated carbocycles. The first-order valence-corrected chi connectivity index (χ1v) is 7.47. The number of benzene rings is 1. The third-order valence-corrected chi connectivity index (χ3v) is 3.77. The minimum absolute atomic E-state index is 0.133.